The average molecular weight is 410 g/mol. The molecule has 0 radical (unpaired) electrons. The quantitative estimate of drug-likeness (QED) is 0.570. The molecule has 4 atom stereocenters. The van der Waals surface area contributed by atoms with Crippen LogP contribution in [0, 0.1) is 5.92 Å². The normalized spacial score (nSPS) is 14.6. The summed E-state index contributed by atoms with van der Waals surface area (Å²) in [5.74, 6) is 0.755. The molecule has 0 aliphatic heterocycles. The van der Waals surface area contributed by atoms with Crippen molar-refractivity contribution in [1.29, 1.82) is 0 Å². The summed E-state index contributed by atoms with van der Waals surface area (Å²) in [6.45, 7) is 5.89. The number of sulfonamides is 1. The monoisotopic (exact) mass is 410 g/mol. The fraction of sp³-hybridized carbons (Fsp3) is 0.600. The van der Waals surface area contributed by atoms with E-state index in [1.165, 1.54) is 22.5 Å². The molecule has 0 fully saturated rings. The van der Waals surface area contributed by atoms with Gasteiger partial charge in [-0.15, -0.1) is 0 Å². The van der Waals surface area contributed by atoms with Crippen LogP contribution in [0.1, 0.15) is 27.2 Å². The molecule has 3 N–H and O–H groups in total. The van der Waals surface area contributed by atoms with E-state index in [4.69, 9.17) is 14.8 Å². The molecule has 0 aliphatic carbocycles. The molecule has 1 aromatic carbocycles. The van der Waals surface area contributed by atoms with Crippen molar-refractivity contribution >= 4 is 29.0 Å². The SMILES string of the molecule is CC[C@H](N)[C@H](O)CN(CC(C)C)S(=O)(=O)c1ccc(OP)c(OP)c1. The van der Waals surface area contributed by atoms with Crippen LogP contribution in [0.4, 0.5) is 0 Å². The van der Waals surface area contributed by atoms with E-state index in [1.807, 2.05) is 20.8 Å². The maximum Gasteiger partial charge on any atom is 0.243 e. The van der Waals surface area contributed by atoms with Gasteiger partial charge >= 0.3 is 0 Å². The van der Waals surface area contributed by atoms with Gasteiger partial charge in [0.25, 0.3) is 0 Å². The summed E-state index contributed by atoms with van der Waals surface area (Å²) in [5, 5.41) is 10.2. The zero-order valence-electron chi connectivity index (χ0n) is 14.8. The zero-order valence-corrected chi connectivity index (χ0v) is 17.9. The van der Waals surface area contributed by atoms with Crippen molar-refractivity contribution in [1.82, 2.24) is 4.31 Å². The molecule has 7 nitrogen and oxygen atoms in total. The van der Waals surface area contributed by atoms with Gasteiger partial charge in [-0.2, -0.15) is 4.31 Å². The van der Waals surface area contributed by atoms with Gasteiger partial charge < -0.3 is 19.9 Å². The fourth-order valence-electron chi connectivity index (χ4n) is 2.28. The number of hydrogen-bond donors (Lipinski definition) is 2. The van der Waals surface area contributed by atoms with Crippen LogP contribution in [-0.2, 0) is 10.0 Å². The third-order valence-electron chi connectivity index (χ3n) is 3.73. The summed E-state index contributed by atoms with van der Waals surface area (Å²) in [7, 11) is 0.324. The van der Waals surface area contributed by atoms with Gasteiger partial charge in [-0.1, -0.05) is 20.8 Å². The van der Waals surface area contributed by atoms with E-state index in [0.29, 0.717) is 12.2 Å². The molecule has 0 spiro atoms. The number of aliphatic hydroxyl groups is 1. The van der Waals surface area contributed by atoms with Crippen molar-refractivity contribution in [3.63, 3.8) is 0 Å². The third-order valence-corrected chi connectivity index (χ3v) is 6.07. The molecule has 0 amide bonds. The summed E-state index contributed by atoms with van der Waals surface area (Å²) in [6.07, 6.45) is -0.382. The minimum absolute atomic E-state index is 0.0610. The van der Waals surface area contributed by atoms with Crippen LogP contribution in [0.25, 0.3) is 0 Å². The van der Waals surface area contributed by atoms with Gasteiger partial charge in [0.05, 0.1) is 29.9 Å². The first-order chi connectivity index (χ1) is 11.7. The molecule has 25 heavy (non-hydrogen) atoms. The molecule has 0 saturated carbocycles. The van der Waals surface area contributed by atoms with Crippen LogP contribution in [-0.4, -0.2) is 43.1 Å². The fourth-order valence-corrected chi connectivity index (χ4v) is 4.30. The first kappa shape index (κ1) is 22.6. The summed E-state index contributed by atoms with van der Waals surface area (Å²) in [5.41, 5.74) is 5.85. The lowest BCUT2D eigenvalue weighted by Crippen LogP contribution is -2.46. The van der Waals surface area contributed by atoms with E-state index in [0.717, 1.165) is 0 Å². The molecule has 0 saturated heterocycles. The van der Waals surface area contributed by atoms with Crippen LogP contribution in [0.2, 0.25) is 0 Å². The molecule has 10 heteroatoms. The molecular weight excluding hydrogens is 382 g/mol. The molecule has 144 valence electrons. The predicted molar refractivity (Wildman–Crippen MR) is 105 cm³/mol. The van der Waals surface area contributed by atoms with Gasteiger partial charge in [0.2, 0.25) is 10.0 Å². The maximum absolute atomic E-state index is 13.0. The molecule has 0 heterocycles. The van der Waals surface area contributed by atoms with Crippen LogP contribution in [0.15, 0.2) is 23.1 Å². The van der Waals surface area contributed by atoms with Gasteiger partial charge in [-0.3, -0.25) is 0 Å². The maximum atomic E-state index is 13.0. The van der Waals surface area contributed by atoms with Gasteiger partial charge in [0, 0.05) is 25.2 Å². The van der Waals surface area contributed by atoms with Crippen molar-refractivity contribution in [2.75, 3.05) is 13.1 Å². The number of hydrogen-bond acceptors (Lipinski definition) is 6. The van der Waals surface area contributed by atoms with E-state index < -0.39 is 22.2 Å². The molecule has 2 unspecified atom stereocenters. The Hall–Kier alpha value is -0.490. The second kappa shape index (κ2) is 10.0. The first-order valence-corrected chi connectivity index (χ1v) is 10.4. The number of nitrogens with two attached hydrogens (primary N) is 1. The predicted octanol–water partition coefficient (Wildman–Crippen LogP) is 1.77. The number of aliphatic hydroxyl groups excluding tert-OH is 1. The highest BCUT2D eigenvalue weighted by molar-refractivity contribution is 7.89. The number of nitrogens with zero attached hydrogens (tertiary/aromatic N) is 1. The van der Waals surface area contributed by atoms with E-state index >= 15 is 0 Å². The van der Waals surface area contributed by atoms with Gasteiger partial charge in [0.1, 0.15) is 0 Å². The minimum atomic E-state index is -3.82. The molecule has 0 bridgehead atoms. The Morgan fingerprint density at radius 2 is 1.80 bits per heavy atom. The first-order valence-electron chi connectivity index (χ1n) is 7.98. The van der Waals surface area contributed by atoms with Gasteiger partial charge in [-0.25, -0.2) is 8.42 Å². The minimum Gasteiger partial charge on any atom is -0.476 e. The topological polar surface area (TPSA) is 102 Å². The Labute approximate surface area is 154 Å². The van der Waals surface area contributed by atoms with E-state index in [2.05, 4.69) is 18.9 Å². The second-order valence-electron chi connectivity index (χ2n) is 6.20. The summed E-state index contributed by atoms with van der Waals surface area (Å²) in [6, 6.07) is 3.87. The Kier molecular flexibility index (Phi) is 9.02. The molecule has 0 aromatic heterocycles. The van der Waals surface area contributed by atoms with Crippen LogP contribution in [0.5, 0.6) is 11.5 Å². The van der Waals surface area contributed by atoms with Crippen molar-refractivity contribution in [3.8, 4) is 11.5 Å². The lowest BCUT2D eigenvalue weighted by molar-refractivity contribution is 0.115. The van der Waals surface area contributed by atoms with E-state index in [-0.39, 0.29) is 29.7 Å². The van der Waals surface area contributed by atoms with Crippen LogP contribution >= 0.6 is 18.9 Å². The Morgan fingerprint density at radius 1 is 1.20 bits per heavy atom. The Morgan fingerprint density at radius 3 is 2.28 bits per heavy atom. The number of benzene rings is 1. The average Bonchev–Trinajstić information content (AvgIpc) is 2.58. The summed E-state index contributed by atoms with van der Waals surface area (Å²) >= 11 is 0. The van der Waals surface area contributed by atoms with Crippen molar-refractivity contribution in [2.45, 2.75) is 44.2 Å². The molecule has 1 rings (SSSR count). The zero-order chi connectivity index (χ0) is 19.2. The van der Waals surface area contributed by atoms with Crippen molar-refractivity contribution in [2.24, 2.45) is 11.7 Å². The summed E-state index contributed by atoms with van der Waals surface area (Å²) in [4.78, 5) is 0.0636. The standard InChI is InChI=1S/C15H28N2O5P2S/c1-4-12(16)13(18)9-17(8-10(2)3)25(19,20)11-5-6-14(21-23)15(7-11)22-24/h5-7,10,12-13,18H,4,8-9,16,23-24H2,1-3H3/t12-,13+/m0/s1. The van der Waals surface area contributed by atoms with Crippen LogP contribution < -0.4 is 14.8 Å². The van der Waals surface area contributed by atoms with Crippen molar-refractivity contribution < 1.29 is 22.6 Å². The van der Waals surface area contributed by atoms with E-state index in [1.54, 1.807) is 0 Å². The third kappa shape index (κ3) is 6.02. The Bertz CT molecular complexity index is 657. The Balaban J connectivity index is 3.22. The molecular formula is C15H28N2O5P2S. The molecule has 1 aromatic rings. The lowest BCUT2D eigenvalue weighted by atomic mass is 10.1. The van der Waals surface area contributed by atoms with E-state index in [9.17, 15) is 13.5 Å². The largest absolute Gasteiger partial charge is 0.476 e. The van der Waals surface area contributed by atoms with Gasteiger partial charge in [-0.05, 0) is 24.5 Å². The number of rotatable bonds is 10. The highest BCUT2D eigenvalue weighted by atomic mass is 32.2. The second-order valence-corrected chi connectivity index (χ2v) is 8.61. The lowest BCUT2D eigenvalue weighted by Gasteiger charge is -2.28. The molecule has 0 aliphatic rings. The smallest absolute Gasteiger partial charge is 0.243 e. The summed E-state index contributed by atoms with van der Waals surface area (Å²) < 4.78 is 37.5. The van der Waals surface area contributed by atoms with Crippen LogP contribution in [0.3, 0.4) is 0 Å². The van der Waals surface area contributed by atoms with Crippen molar-refractivity contribution in [3.05, 3.63) is 18.2 Å². The van der Waals surface area contributed by atoms with Gasteiger partial charge in [0.15, 0.2) is 11.5 Å². The highest BCUT2D eigenvalue weighted by Crippen LogP contribution is 2.33. The highest BCUT2D eigenvalue weighted by Gasteiger charge is 2.29.